The van der Waals surface area contributed by atoms with Crippen LogP contribution in [0.25, 0.3) is 0 Å². The molecule has 0 radical (unpaired) electrons. The quantitative estimate of drug-likeness (QED) is 0.506. The molecule has 1 saturated heterocycles. The minimum Gasteiger partial charge on any atom is -0.454 e. The first-order valence-corrected chi connectivity index (χ1v) is 10.3. The van der Waals surface area contributed by atoms with Crippen LogP contribution < -0.4 is 10.6 Å². The molecule has 1 aliphatic heterocycles. The molecular weight excluding hydrogens is 362 g/mol. The molecule has 3 fully saturated rings. The summed E-state index contributed by atoms with van der Waals surface area (Å²) < 4.78 is 4.92. The summed E-state index contributed by atoms with van der Waals surface area (Å²) >= 11 is 0. The van der Waals surface area contributed by atoms with Gasteiger partial charge in [-0.2, -0.15) is 0 Å². The molecule has 3 aliphatic rings. The van der Waals surface area contributed by atoms with E-state index in [0.29, 0.717) is 18.8 Å². The van der Waals surface area contributed by atoms with Crippen LogP contribution >= 0.6 is 0 Å². The van der Waals surface area contributed by atoms with E-state index in [4.69, 9.17) is 4.74 Å². The molecule has 2 saturated carbocycles. The first-order valence-electron chi connectivity index (χ1n) is 10.3. The summed E-state index contributed by atoms with van der Waals surface area (Å²) in [6, 6.07) is -0.373. The maximum atomic E-state index is 12.9. The first-order chi connectivity index (χ1) is 13.2. The molecule has 3 rings (SSSR count). The summed E-state index contributed by atoms with van der Waals surface area (Å²) in [5, 5.41) is 5.53. The number of rotatable bonds is 7. The molecule has 0 atom stereocenters. The third-order valence-corrected chi connectivity index (χ3v) is 6.70. The Bertz CT molecular complexity index is 663. The fourth-order valence-corrected chi connectivity index (χ4v) is 4.16. The Morgan fingerprint density at radius 3 is 2.43 bits per heavy atom. The van der Waals surface area contributed by atoms with Gasteiger partial charge in [-0.1, -0.05) is 27.2 Å². The lowest BCUT2D eigenvalue weighted by Gasteiger charge is -2.42. The van der Waals surface area contributed by atoms with Crippen LogP contribution in [0.3, 0.4) is 0 Å². The molecule has 0 unspecified atom stereocenters. The zero-order valence-corrected chi connectivity index (χ0v) is 17.0. The van der Waals surface area contributed by atoms with Crippen molar-refractivity contribution in [2.24, 2.45) is 11.3 Å². The van der Waals surface area contributed by atoms with Crippen LogP contribution in [0.5, 0.6) is 0 Å². The Labute approximate surface area is 165 Å². The van der Waals surface area contributed by atoms with Crippen molar-refractivity contribution in [3.63, 3.8) is 0 Å². The number of nitrogens with zero attached hydrogens (tertiary/aromatic N) is 1. The molecule has 28 heavy (non-hydrogen) atoms. The van der Waals surface area contributed by atoms with Crippen molar-refractivity contribution in [1.82, 2.24) is 15.5 Å². The molecule has 0 aromatic heterocycles. The average Bonchev–Trinajstić information content (AvgIpc) is 3.44. The molecule has 1 heterocycles. The summed E-state index contributed by atoms with van der Waals surface area (Å²) in [6.45, 7) is 5.80. The number of urea groups is 1. The Balaban J connectivity index is 1.52. The highest BCUT2D eigenvalue weighted by molar-refractivity contribution is 6.08. The fraction of sp³-hybridized carbons (Fsp3) is 0.800. The molecule has 2 N–H and O–H groups in total. The Kier molecular flexibility index (Phi) is 5.68. The minimum atomic E-state index is -0.902. The van der Waals surface area contributed by atoms with E-state index < -0.39 is 30.7 Å². The van der Waals surface area contributed by atoms with Gasteiger partial charge >= 0.3 is 12.0 Å². The van der Waals surface area contributed by atoms with Gasteiger partial charge in [-0.3, -0.25) is 19.3 Å². The predicted octanol–water partition coefficient (Wildman–Crippen LogP) is 1.73. The van der Waals surface area contributed by atoms with Crippen molar-refractivity contribution in [2.75, 3.05) is 13.2 Å². The molecule has 2 aliphatic carbocycles. The van der Waals surface area contributed by atoms with Crippen LogP contribution in [0.2, 0.25) is 0 Å². The summed E-state index contributed by atoms with van der Waals surface area (Å²) in [7, 11) is 0. The Morgan fingerprint density at radius 1 is 1.21 bits per heavy atom. The summed E-state index contributed by atoms with van der Waals surface area (Å²) in [5.41, 5.74) is -0.696. The minimum absolute atomic E-state index is 0.185. The van der Waals surface area contributed by atoms with Crippen molar-refractivity contribution in [2.45, 2.75) is 77.3 Å². The SMILES string of the molecule is CCC(C)(C)C1CCC2(CC1)NC(=O)N(CC(=O)OCC(=O)NC1CC1)C2=O. The smallest absolute Gasteiger partial charge is 0.326 e. The van der Waals surface area contributed by atoms with Crippen LogP contribution in [-0.2, 0) is 19.1 Å². The molecule has 4 amide bonds. The molecule has 8 heteroatoms. The van der Waals surface area contributed by atoms with Crippen molar-refractivity contribution < 1.29 is 23.9 Å². The maximum absolute atomic E-state index is 12.9. The lowest BCUT2D eigenvalue weighted by atomic mass is 9.65. The van der Waals surface area contributed by atoms with Gasteiger partial charge in [-0.05, 0) is 49.9 Å². The largest absolute Gasteiger partial charge is 0.454 e. The number of hydrogen-bond donors (Lipinski definition) is 2. The van der Waals surface area contributed by atoms with Crippen molar-refractivity contribution in [3.05, 3.63) is 0 Å². The normalized spacial score (nSPS) is 27.7. The van der Waals surface area contributed by atoms with Crippen LogP contribution in [0, 0.1) is 11.3 Å². The number of imide groups is 1. The molecule has 8 nitrogen and oxygen atoms in total. The van der Waals surface area contributed by atoms with E-state index >= 15 is 0 Å². The second kappa shape index (κ2) is 7.72. The van der Waals surface area contributed by atoms with E-state index in [9.17, 15) is 19.2 Å². The van der Waals surface area contributed by atoms with Gasteiger partial charge in [-0.15, -0.1) is 0 Å². The third kappa shape index (κ3) is 4.31. The number of amides is 4. The summed E-state index contributed by atoms with van der Waals surface area (Å²) in [5.74, 6) is -0.963. The number of esters is 1. The zero-order chi connectivity index (χ0) is 20.5. The van der Waals surface area contributed by atoms with E-state index in [1.807, 2.05) is 0 Å². The fourth-order valence-electron chi connectivity index (χ4n) is 4.16. The lowest BCUT2D eigenvalue weighted by molar-refractivity contribution is -0.151. The predicted molar refractivity (Wildman–Crippen MR) is 101 cm³/mol. The number of carbonyl (C=O) groups is 4. The van der Waals surface area contributed by atoms with Gasteiger partial charge in [0.25, 0.3) is 11.8 Å². The van der Waals surface area contributed by atoms with Crippen LogP contribution in [0.1, 0.15) is 65.7 Å². The van der Waals surface area contributed by atoms with E-state index in [2.05, 4.69) is 31.4 Å². The molecule has 0 aromatic rings. The molecule has 156 valence electrons. The van der Waals surface area contributed by atoms with Crippen LogP contribution in [0.15, 0.2) is 0 Å². The molecule has 0 bridgehead atoms. The first kappa shape index (κ1) is 20.6. The lowest BCUT2D eigenvalue weighted by Crippen LogP contribution is -2.51. The number of hydrogen-bond acceptors (Lipinski definition) is 5. The van der Waals surface area contributed by atoms with Gasteiger partial charge < -0.3 is 15.4 Å². The van der Waals surface area contributed by atoms with Gasteiger partial charge in [-0.25, -0.2) is 4.79 Å². The highest BCUT2D eigenvalue weighted by Crippen LogP contribution is 2.45. The highest BCUT2D eigenvalue weighted by atomic mass is 16.5. The van der Waals surface area contributed by atoms with Gasteiger partial charge in [0.05, 0.1) is 0 Å². The van der Waals surface area contributed by atoms with Crippen LogP contribution in [-0.4, -0.2) is 53.4 Å². The monoisotopic (exact) mass is 393 g/mol. The average molecular weight is 393 g/mol. The second-order valence-electron chi connectivity index (χ2n) is 9.02. The summed E-state index contributed by atoms with van der Waals surface area (Å²) in [4.78, 5) is 49.8. The number of ether oxygens (including phenoxy) is 1. The maximum Gasteiger partial charge on any atom is 0.326 e. The number of nitrogens with one attached hydrogen (secondary N) is 2. The van der Waals surface area contributed by atoms with Gasteiger partial charge in [0, 0.05) is 6.04 Å². The van der Waals surface area contributed by atoms with Gasteiger partial charge in [0.2, 0.25) is 0 Å². The van der Waals surface area contributed by atoms with Crippen molar-refractivity contribution >= 4 is 23.8 Å². The Hall–Kier alpha value is -2.12. The van der Waals surface area contributed by atoms with E-state index in [-0.39, 0.29) is 23.3 Å². The second-order valence-corrected chi connectivity index (χ2v) is 9.02. The van der Waals surface area contributed by atoms with Crippen LogP contribution in [0.4, 0.5) is 4.79 Å². The molecule has 1 spiro atoms. The standard InChI is InChI=1S/C20H31N3O5/c1-4-19(2,3)13-7-9-20(10-8-13)17(26)23(18(27)22-20)11-16(25)28-12-15(24)21-14-5-6-14/h13-14H,4-12H2,1-3H3,(H,21,24)(H,22,27). The third-order valence-electron chi connectivity index (χ3n) is 6.70. The molecule has 0 aromatic carbocycles. The summed E-state index contributed by atoms with van der Waals surface area (Å²) in [6.07, 6.45) is 5.86. The van der Waals surface area contributed by atoms with E-state index in [1.54, 1.807) is 0 Å². The number of carbonyl (C=O) groups excluding carboxylic acids is 4. The Morgan fingerprint density at radius 2 is 1.86 bits per heavy atom. The highest BCUT2D eigenvalue weighted by Gasteiger charge is 2.53. The van der Waals surface area contributed by atoms with Gasteiger partial charge in [0.1, 0.15) is 12.1 Å². The van der Waals surface area contributed by atoms with E-state index in [0.717, 1.165) is 37.0 Å². The topological polar surface area (TPSA) is 105 Å². The van der Waals surface area contributed by atoms with Gasteiger partial charge in [0.15, 0.2) is 6.61 Å². The zero-order valence-electron chi connectivity index (χ0n) is 17.0. The van der Waals surface area contributed by atoms with Crippen molar-refractivity contribution in [1.29, 1.82) is 0 Å². The van der Waals surface area contributed by atoms with E-state index in [1.165, 1.54) is 0 Å². The van der Waals surface area contributed by atoms with Crippen molar-refractivity contribution in [3.8, 4) is 0 Å². The molecular formula is C20H31N3O5.